The average molecular weight is 367 g/mol. The molecule has 0 radical (unpaired) electrons. The van der Waals surface area contributed by atoms with Crippen molar-refractivity contribution in [3.8, 4) is 5.75 Å². The van der Waals surface area contributed by atoms with E-state index in [-0.39, 0.29) is 11.3 Å². The zero-order valence-corrected chi connectivity index (χ0v) is 16.8. The molecule has 1 fully saturated rings. The molecule has 0 aromatic heterocycles. The van der Waals surface area contributed by atoms with Crippen molar-refractivity contribution in [2.45, 2.75) is 52.1 Å². The largest absolute Gasteiger partial charge is 0.481 e. The maximum atomic E-state index is 12.4. The van der Waals surface area contributed by atoms with Crippen LogP contribution in [0.15, 0.2) is 48.5 Å². The minimum atomic E-state index is -0.566. The molecule has 27 heavy (non-hydrogen) atoms. The van der Waals surface area contributed by atoms with Gasteiger partial charge in [0.15, 0.2) is 6.10 Å². The Morgan fingerprint density at radius 1 is 1.00 bits per heavy atom. The molecule has 1 heterocycles. The summed E-state index contributed by atoms with van der Waals surface area (Å²) >= 11 is 0. The van der Waals surface area contributed by atoms with Crippen LogP contribution in [0.3, 0.4) is 0 Å². The van der Waals surface area contributed by atoms with Crippen LogP contribution in [0, 0.1) is 0 Å². The second-order valence-corrected chi connectivity index (χ2v) is 8.26. The Bertz CT molecular complexity index is 754. The topological polar surface area (TPSA) is 41.6 Å². The molecule has 1 amide bonds. The highest BCUT2D eigenvalue weighted by atomic mass is 16.5. The Morgan fingerprint density at radius 3 is 2.15 bits per heavy atom. The maximum Gasteiger partial charge on any atom is 0.265 e. The molecule has 0 spiro atoms. The van der Waals surface area contributed by atoms with E-state index in [1.807, 2.05) is 24.3 Å². The fourth-order valence-corrected chi connectivity index (χ4v) is 3.27. The van der Waals surface area contributed by atoms with Crippen LogP contribution in [-0.4, -0.2) is 25.1 Å². The van der Waals surface area contributed by atoms with Gasteiger partial charge in [-0.25, -0.2) is 0 Å². The number of amides is 1. The van der Waals surface area contributed by atoms with Gasteiger partial charge in [-0.15, -0.1) is 0 Å². The van der Waals surface area contributed by atoms with Crippen molar-refractivity contribution in [1.29, 1.82) is 0 Å². The fourth-order valence-electron chi connectivity index (χ4n) is 3.27. The molecule has 0 bridgehead atoms. The number of hydrogen-bond acceptors (Lipinski definition) is 3. The molecule has 0 aliphatic carbocycles. The highest BCUT2D eigenvalue weighted by molar-refractivity contribution is 5.94. The predicted octanol–water partition coefficient (Wildman–Crippen LogP) is 4.99. The van der Waals surface area contributed by atoms with Crippen LogP contribution in [-0.2, 0) is 10.2 Å². The Kier molecular flexibility index (Phi) is 5.73. The number of carbonyl (C=O) groups excluding carboxylic acids is 1. The van der Waals surface area contributed by atoms with Crippen LogP contribution in [0.2, 0.25) is 0 Å². The van der Waals surface area contributed by atoms with Gasteiger partial charge >= 0.3 is 0 Å². The van der Waals surface area contributed by atoms with Crippen molar-refractivity contribution in [1.82, 2.24) is 0 Å². The summed E-state index contributed by atoms with van der Waals surface area (Å²) in [6, 6.07) is 16.0. The van der Waals surface area contributed by atoms with Crippen molar-refractivity contribution in [2.24, 2.45) is 0 Å². The zero-order valence-electron chi connectivity index (χ0n) is 16.8. The normalized spacial score (nSPS) is 15.5. The predicted molar refractivity (Wildman–Crippen MR) is 112 cm³/mol. The molecule has 2 aromatic rings. The SMILES string of the molecule is C[C@H](Oc1ccc(C(C)(C)C)cc1)C(=O)Nc1ccc(N2CCCC2)cc1. The smallest absolute Gasteiger partial charge is 0.265 e. The molecule has 144 valence electrons. The minimum absolute atomic E-state index is 0.1000. The second-order valence-electron chi connectivity index (χ2n) is 8.26. The van der Waals surface area contributed by atoms with Gasteiger partial charge < -0.3 is 15.0 Å². The molecular formula is C23H30N2O2. The number of rotatable bonds is 5. The summed E-state index contributed by atoms with van der Waals surface area (Å²) in [7, 11) is 0. The summed E-state index contributed by atoms with van der Waals surface area (Å²) in [5.41, 5.74) is 3.35. The Labute approximate surface area is 162 Å². The number of nitrogens with zero attached hydrogens (tertiary/aromatic N) is 1. The van der Waals surface area contributed by atoms with Gasteiger partial charge in [-0.1, -0.05) is 32.9 Å². The van der Waals surface area contributed by atoms with Gasteiger partial charge in [0.2, 0.25) is 0 Å². The average Bonchev–Trinajstić information content (AvgIpc) is 3.16. The molecule has 4 heteroatoms. The van der Waals surface area contributed by atoms with Crippen LogP contribution in [0.25, 0.3) is 0 Å². The van der Waals surface area contributed by atoms with Gasteiger partial charge in [-0.2, -0.15) is 0 Å². The zero-order chi connectivity index (χ0) is 19.4. The lowest BCUT2D eigenvalue weighted by Gasteiger charge is -2.20. The molecule has 1 saturated heterocycles. The van der Waals surface area contributed by atoms with E-state index in [4.69, 9.17) is 4.74 Å². The number of carbonyl (C=O) groups is 1. The first kappa shape index (κ1) is 19.3. The van der Waals surface area contributed by atoms with Gasteiger partial charge in [-0.05, 0) is 67.1 Å². The Hall–Kier alpha value is -2.49. The fraction of sp³-hybridized carbons (Fsp3) is 0.435. The van der Waals surface area contributed by atoms with Gasteiger partial charge in [-0.3, -0.25) is 4.79 Å². The monoisotopic (exact) mass is 366 g/mol. The van der Waals surface area contributed by atoms with Gasteiger partial charge in [0, 0.05) is 24.5 Å². The minimum Gasteiger partial charge on any atom is -0.481 e. The third kappa shape index (κ3) is 5.03. The lowest BCUT2D eigenvalue weighted by molar-refractivity contribution is -0.122. The highest BCUT2D eigenvalue weighted by Gasteiger charge is 2.17. The summed E-state index contributed by atoms with van der Waals surface area (Å²) in [6.45, 7) is 10.5. The molecule has 0 unspecified atom stereocenters. The molecular weight excluding hydrogens is 336 g/mol. The summed E-state index contributed by atoms with van der Waals surface area (Å²) in [6.07, 6.45) is 1.94. The third-order valence-corrected chi connectivity index (χ3v) is 5.01. The van der Waals surface area contributed by atoms with E-state index in [0.717, 1.165) is 18.8 Å². The first-order chi connectivity index (χ1) is 12.8. The second kappa shape index (κ2) is 8.03. The quantitative estimate of drug-likeness (QED) is 0.810. The molecule has 4 nitrogen and oxygen atoms in total. The van der Waals surface area contributed by atoms with Gasteiger partial charge in [0.25, 0.3) is 5.91 Å². The van der Waals surface area contributed by atoms with Crippen molar-refractivity contribution in [3.05, 3.63) is 54.1 Å². The van der Waals surface area contributed by atoms with Crippen LogP contribution in [0.1, 0.15) is 46.1 Å². The van der Waals surface area contributed by atoms with Crippen molar-refractivity contribution in [2.75, 3.05) is 23.3 Å². The lowest BCUT2D eigenvalue weighted by Crippen LogP contribution is -2.30. The van der Waals surface area contributed by atoms with Crippen molar-refractivity contribution < 1.29 is 9.53 Å². The van der Waals surface area contributed by atoms with Gasteiger partial charge in [0.1, 0.15) is 5.75 Å². The number of ether oxygens (including phenoxy) is 1. The number of nitrogens with one attached hydrogen (secondary N) is 1. The first-order valence-corrected chi connectivity index (χ1v) is 9.76. The van der Waals surface area contributed by atoms with E-state index in [1.54, 1.807) is 6.92 Å². The summed E-state index contributed by atoms with van der Waals surface area (Å²) < 4.78 is 5.80. The molecule has 0 saturated carbocycles. The van der Waals surface area contributed by atoms with E-state index in [1.165, 1.54) is 24.1 Å². The van der Waals surface area contributed by atoms with E-state index in [9.17, 15) is 4.79 Å². The molecule has 3 rings (SSSR count). The van der Waals surface area contributed by atoms with E-state index in [0.29, 0.717) is 5.75 Å². The van der Waals surface area contributed by atoms with Crippen LogP contribution >= 0.6 is 0 Å². The van der Waals surface area contributed by atoms with Crippen LogP contribution in [0.5, 0.6) is 5.75 Å². The molecule has 1 N–H and O–H groups in total. The highest BCUT2D eigenvalue weighted by Crippen LogP contribution is 2.25. The lowest BCUT2D eigenvalue weighted by atomic mass is 9.87. The third-order valence-electron chi connectivity index (χ3n) is 5.01. The molecule has 1 atom stereocenters. The maximum absolute atomic E-state index is 12.4. The summed E-state index contributed by atoms with van der Waals surface area (Å²) in [5.74, 6) is 0.554. The summed E-state index contributed by atoms with van der Waals surface area (Å²) in [5, 5.41) is 2.93. The standard InChI is InChI=1S/C23H30N2O2/c1-17(27-21-13-7-18(8-14-21)23(2,3)4)22(26)24-19-9-11-20(12-10-19)25-15-5-6-16-25/h7-14,17H,5-6,15-16H2,1-4H3,(H,24,26)/t17-/m0/s1. The first-order valence-electron chi connectivity index (χ1n) is 9.76. The summed E-state index contributed by atoms with van der Waals surface area (Å²) in [4.78, 5) is 14.8. The van der Waals surface area contributed by atoms with E-state index < -0.39 is 6.10 Å². The Morgan fingerprint density at radius 2 is 1.59 bits per heavy atom. The number of anilines is 2. The van der Waals surface area contributed by atoms with Crippen LogP contribution < -0.4 is 15.0 Å². The number of hydrogen-bond donors (Lipinski definition) is 1. The van der Waals surface area contributed by atoms with Crippen molar-refractivity contribution in [3.63, 3.8) is 0 Å². The van der Waals surface area contributed by atoms with Gasteiger partial charge in [0.05, 0.1) is 0 Å². The van der Waals surface area contributed by atoms with E-state index in [2.05, 4.69) is 55.3 Å². The van der Waals surface area contributed by atoms with Crippen LogP contribution in [0.4, 0.5) is 11.4 Å². The molecule has 1 aliphatic heterocycles. The molecule has 2 aromatic carbocycles. The van der Waals surface area contributed by atoms with Crippen molar-refractivity contribution >= 4 is 17.3 Å². The molecule has 1 aliphatic rings. The Balaban J connectivity index is 1.55. The number of benzene rings is 2. The van der Waals surface area contributed by atoms with E-state index >= 15 is 0 Å².